The van der Waals surface area contributed by atoms with Gasteiger partial charge in [-0.2, -0.15) is 8.78 Å². The number of imidazole rings is 2. The van der Waals surface area contributed by atoms with Crippen LogP contribution in [0.15, 0.2) is 91.1 Å². The van der Waals surface area contributed by atoms with Gasteiger partial charge in [-0.05, 0) is 83.7 Å². The molecule has 5 aliphatic rings. The lowest BCUT2D eigenvalue weighted by Gasteiger charge is -2.34. The number of alkyl halides is 2. The summed E-state index contributed by atoms with van der Waals surface area (Å²) in [4.78, 5) is 73.1. The van der Waals surface area contributed by atoms with Gasteiger partial charge in [0, 0.05) is 42.9 Å². The SMILES string of the molecule is COC(=O)N[C@H](C(=O)N1CC2(CC1c1nc3ccc(-c4ccc5c(c4)C(F)(F)c4cc(-c6cnc([C@@H]7CCCN7C(=O)[C@H](NC(=O)OC)c7ccccc7)[nH]6)ccc4-5)cc3[nH]1)OCCO2)C1CCOCC1. The van der Waals surface area contributed by atoms with Crippen LogP contribution in [0.2, 0.25) is 0 Å². The average Bonchev–Trinajstić information content (AvgIpc) is 4.28. The van der Waals surface area contributed by atoms with Crippen molar-refractivity contribution in [3.8, 4) is 33.5 Å². The predicted octanol–water partition coefficient (Wildman–Crippen LogP) is 7.67. The van der Waals surface area contributed by atoms with E-state index in [0.29, 0.717) is 127 Å². The molecule has 0 saturated carbocycles. The van der Waals surface area contributed by atoms with Gasteiger partial charge in [0.25, 0.3) is 11.8 Å². The van der Waals surface area contributed by atoms with Gasteiger partial charge in [0.15, 0.2) is 5.79 Å². The Bertz CT molecular complexity index is 3020. The first-order chi connectivity index (χ1) is 34.4. The number of methoxy groups -OCH3 is 2. The van der Waals surface area contributed by atoms with Crippen molar-refractivity contribution in [3.05, 3.63) is 119 Å². The minimum Gasteiger partial charge on any atom is -0.453 e. The van der Waals surface area contributed by atoms with Crippen molar-refractivity contribution in [1.29, 1.82) is 0 Å². The number of aromatic amines is 2. The van der Waals surface area contributed by atoms with Gasteiger partial charge >= 0.3 is 12.2 Å². The Morgan fingerprint density at radius 2 is 1.42 bits per heavy atom. The van der Waals surface area contributed by atoms with E-state index in [1.807, 2.05) is 30.3 Å². The monoisotopic (exact) mass is 970 g/mol. The van der Waals surface area contributed by atoms with E-state index >= 15 is 8.78 Å². The lowest BCUT2D eigenvalue weighted by molar-refractivity contribution is -0.154. The second kappa shape index (κ2) is 18.5. The summed E-state index contributed by atoms with van der Waals surface area (Å²) in [6.07, 6.45) is 2.95. The van der Waals surface area contributed by atoms with Crippen molar-refractivity contribution in [2.75, 3.05) is 53.7 Å². The summed E-state index contributed by atoms with van der Waals surface area (Å²) in [5.41, 5.74) is 4.78. The summed E-state index contributed by atoms with van der Waals surface area (Å²) in [7, 11) is 2.50. The molecule has 6 aromatic rings. The number of H-pyrrole nitrogens is 2. The number of nitrogens with zero attached hydrogens (tertiary/aromatic N) is 4. The molecule has 2 aromatic heterocycles. The maximum atomic E-state index is 16.8. The number of carbonyl (C=O) groups is 4. The van der Waals surface area contributed by atoms with Gasteiger partial charge in [-0.25, -0.2) is 19.6 Å². The molecule has 71 heavy (non-hydrogen) atoms. The van der Waals surface area contributed by atoms with Crippen LogP contribution >= 0.6 is 0 Å². The van der Waals surface area contributed by atoms with Crippen LogP contribution < -0.4 is 10.6 Å². The van der Waals surface area contributed by atoms with E-state index < -0.39 is 48.1 Å². The fourth-order valence-corrected chi connectivity index (χ4v) is 11.0. The lowest BCUT2D eigenvalue weighted by atomic mass is 9.90. The minimum absolute atomic E-state index is 0.117. The number of halogens is 2. The topological polar surface area (TPSA) is 202 Å². The van der Waals surface area contributed by atoms with Crippen molar-refractivity contribution in [3.63, 3.8) is 0 Å². The van der Waals surface area contributed by atoms with E-state index in [1.54, 1.807) is 58.5 Å². The van der Waals surface area contributed by atoms with E-state index in [0.717, 1.165) is 0 Å². The van der Waals surface area contributed by atoms with Crippen LogP contribution in [0.5, 0.6) is 0 Å². The highest BCUT2D eigenvalue weighted by molar-refractivity contribution is 5.89. The van der Waals surface area contributed by atoms with E-state index in [2.05, 4.69) is 25.6 Å². The first-order valence-corrected chi connectivity index (χ1v) is 23.9. The van der Waals surface area contributed by atoms with Crippen molar-refractivity contribution in [2.45, 2.75) is 68.0 Å². The predicted molar refractivity (Wildman–Crippen MR) is 253 cm³/mol. The number of hydrogen-bond donors (Lipinski definition) is 4. The number of likely N-dealkylation sites (tertiary alicyclic amines) is 2. The van der Waals surface area contributed by atoms with Crippen molar-refractivity contribution in [2.24, 2.45) is 5.92 Å². The lowest BCUT2D eigenvalue weighted by Crippen LogP contribution is -2.54. The molecule has 1 spiro atoms. The van der Waals surface area contributed by atoms with E-state index in [1.165, 1.54) is 26.4 Å². The molecule has 4 amide bonds. The second-order valence-electron chi connectivity index (χ2n) is 18.7. The maximum absolute atomic E-state index is 16.8. The average molecular weight is 971 g/mol. The Labute approximate surface area is 406 Å². The Morgan fingerprint density at radius 3 is 2.15 bits per heavy atom. The summed E-state index contributed by atoms with van der Waals surface area (Å²) >= 11 is 0. The van der Waals surface area contributed by atoms with Crippen LogP contribution in [-0.4, -0.2) is 119 Å². The first kappa shape index (κ1) is 46.2. The number of amides is 4. The quantitative estimate of drug-likeness (QED) is 0.105. The number of nitrogens with one attached hydrogen (secondary N) is 4. The molecule has 4 atom stereocenters. The largest absolute Gasteiger partial charge is 0.453 e. The smallest absolute Gasteiger partial charge is 0.407 e. The Kier molecular flexibility index (Phi) is 12.0. The van der Waals surface area contributed by atoms with Crippen LogP contribution in [0, 0.1) is 5.92 Å². The van der Waals surface area contributed by atoms with Gasteiger partial charge in [0.05, 0.1) is 69.0 Å². The van der Waals surface area contributed by atoms with Crippen molar-refractivity contribution in [1.82, 2.24) is 40.4 Å². The third-order valence-electron chi connectivity index (χ3n) is 14.6. The van der Waals surface area contributed by atoms with Gasteiger partial charge in [0.1, 0.15) is 23.7 Å². The zero-order valence-electron chi connectivity index (χ0n) is 39.0. The molecule has 0 bridgehead atoms. The van der Waals surface area contributed by atoms with Crippen LogP contribution in [0.1, 0.15) is 78.6 Å². The van der Waals surface area contributed by atoms with Crippen LogP contribution in [0.3, 0.4) is 0 Å². The molecule has 4 saturated heterocycles. The number of benzene rings is 4. The van der Waals surface area contributed by atoms with Crippen LogP contribution in [0.25, 0.3) is 44.5 Å². The standard InChI is InChI=1S/C52H52F2N8O9/c1-67-49(65)59-43(29-7-4-3-5-8-29)47(63)61-18-6-9-41(61)45-55-27-40(58-45)33-11-14-35-34-13-10-31(23-36(34)52(53,54)37(35)24-33)32-12-15-38-39(25-32)57-46(56-38)42-26-51(70-21-22-71-51)28-62(42)48(64)44(60-50(66)68-2)30-16-19-69-20-17-30/h3-5,7-8,10-15,23-25,27,30,41-44H,6,9,16-22,26,28H2,1-2H3,(H,55,58)(H,56,57)(H,59,65)(H,60,66)/t41-,42?,43+,44-/m0/s1. The van der Waals surface area contributed by atoms with Crippen molar-refractivity contribution >= 4 is 35.0 Å². The first-order valence-electron chi connectivity index (χ1n) is 23.9. The molecule has 4 fully saturated rings. The van der Waals surface area contributed by atoms with Gasteiger partial charge in [-0.3, -0.25) is 9.59 Å². The summed E-state index contributed by atoms with van der Waals surface area (Å²) < 4.78 is 61.0. The highest BCUT2D eigenvalue weighted by Gasteiger charge is 2.53. The van der Waals surface area contributed by atoms with Crippen LogP contribution in [-0.2, 0) is 39.2 Å². The molecule has 4 aliphatic heterocycles. The Hall–Kier alpha value is -7.22. The molecule has 4 aromatic carbocycles. The molecule has 19 heteroatoms. The number of rotatable bonds is 10. The molecule has 368 valence electrons. The highest BCUT2D eigenvalue weighted by Crippen LogP contribution is 2.53. The molecule has 1 unspecified atom stereocenters. The third-order valence-corrected chi connectivity index (χ3v) is 14.6. The molecule has 0 radical (unpaired) electrons. The van der Waals surface area contributed by atoms with E-state index in [9.17, 15) is 19.2 Å². The fourth-order valence-electron chi connectivity index (χ4n) is 11.0. The normalized spacial score (nSPS) is 21.0. The molecule has 11 rings (SSSR count). The van der Waals surface area contributed by atoms with Gasteiger partial charge < -0.3 is 54.1 Å². The number of fused-ring (bicyclic) bond motifs is 4. The summed E-state index contributed by atoms with van der Waals surface area (Å²) in [5, 5.41) is 5.45. The summed E-state index contributed by atoms with van der Waals surface area (Å²) in [5.74, 6) is -4.15. The van der Waals surface area contributed by atoms with Crippen molar-refractivity contribution < 1.29 is 51.6 Å². The number of carbonyl (C=O) groups excluding carboxylic acids is 4. The fraction of sp³-hybridized carbons (Fsp3) is 0.385. The summed E-state index contributed by atoms with van der Waals surface area (Å²) in [6, 6.07) is 21.6. The Balaban J connectivity index is 0.836. The number of aromatic nitrogens is 4. The molecule has 1 aliphatic carbocycles. The maximum Gasteiger partial charge on any atom is 0.407 e. The molecule has 17 nitrogen and oxygen atoms in total. The molecular weight excluding hydrogens is 919 g/mol. The number of hydrogen-bond acceptors (Lipinski definition) is 11. The third kappa shape index (κ3) is 8.44. The molecule has 4 N–H and O–H groups in total. The zero-order chi connectivity index (χ0) is 49.0. The molecule has 6 heterocycles. The number of ether oxygens (including phenoxy) is 5. The zero-order valence-corrected chi connectivity index (χ0v) is 39.0. The van der Waals surface area contributed by atoms with Gasteiger partial charge in [0.2, 0.25) is 5.91 Å². The second-order valence-corrected chi connectivity index (χ2v) is 18.7. The Morgan fingerprint density at radius 1 is 0.746 bits per heavy atom. The van der Waals surface area contributed by atoms with Gasteiger partial charge in [-0.15, -0.1) is 0 Å². The number of alkyl carbamates (subject to hydrolysis) is 2. The van der Waals surface area contributed by atoms with E-state index in [4.69, 9.17) is 28.7 Å². The highest BCUT2D eigenvalue weighted by atomic mass is 19.3. The van der Waals surface area contributed by atoms with E-state index in [-0.39, 0.29) is 35.4 Å². The molecular formula is C52H52F2N8O9. The van der Waals surface area contributed by atoms with Gasteiger partial charge in [-0.1, -0.05) is 60.7 Å². The van der Waals surface area contributed by atoms with Crippen LogP contribution in [0.4, 0.5) is 18.4 Å². The minimum atomic E-state index is -3.33. The summed E-state index contributed by atoms with van der Waals surface area (Å²) in [6.45, 7) is 2.26.